The summed E-state index contributed by atoms with van der Waals surface area (Å²) >= 11 is 0. The number of hydrogen-bond donors (Lipinski definition) is 2. The van der Waals surface area contributed by atoms with Gasteiger partial charge in [-0.3, -0.25) is 14.3 Å². The summed E-state index contributed by atoms with van der Waals surface area (Å²) in [6, 6.07) is 7.47. The van der Waals surface area contributed by atoms with Gasteiger partial charge in [0, 0.05) is 11.3 Å². The molecule has 1 aliphatic carbocycles. The SMILES string of the molecule is CC(C)(C)CC[C@]1(C)C(=O)C(C2=NS(=O)(=O)c3cc(NS(C)(=O)=O)ccc3N2)C(=O)c2cc(F)ccc21. The molecule has 12 heteroatoms. The van der Waals surface area contributed by atoms with Crippen molar-refractivity contribution in [1.29, 1.82) is 0 Å². The molecule has 0 amide bonds. The number of Topliss-reactive ketones (excluding diaryl/α,β-unsaturated/α-hetero) is 2. The van der Waals surface area contributed by atoms with Gasteiger partial charge in [0.1, 0.15) is 22.5 Å². The molecule has 2 N–H and O–H groups in total. The molecule has 2 aliphatic rings. The second-order valence-electron chi connectivity index (χ2n) is 10.9. The number of nitrogens with one attached hydrogen (secondary N) is 2. The monoisotopic (exact) mass is 549 g/mol. The molecule has 1 heterocycles. The smallest absolute Gasteiger partial charge is 0.286 e. The minimum Gasteiger partial charge on any atom is -0.341 e. The standard InChI is InChI=1S/C25H28FN3O6S2/c1-24(2,3)10-11-25(4)17-8-6-14(26)12-16(17)21(30)20(22(25)31)23-27-18-9-7-15(28-36(5,32)33)13-19(18)37(34,35)29-23/h6-9,12-13,20,28H,10-11H2,1-5H3,(H,27,29)/t20?,25-/m0/s1. The average Bonchev–Trinajstić information content (AvgIpc) is 2.75. The van der Waals surface area contributed by atoms with Crippen LogP contribution in [0, 0.1) is 17.2 Å². The van der Waals surface area contributed by atoms with Crippen LogP contribution < -0.4 is 10.0 Å². The third-order valence-electron chi connectivity index (χ3n) is 6.60. The fraction of sp³-hybridized carbons (Fsp3) is 0.400. The zero-order chi connectivity index (χ0) is 27.6. The van der Waals surface area contributed by atoms with Crippen LogP contribution in [0.5, 0.6) is 0 Å². The molecule has 2 aromatic rings. The Morgan fingerprint density at radius 2 is 1.81 bits per heavy atom. The molecule has 0 aromatic heterocycles. The molecule has 4 rings (SSSR count). The third-order valence-corrected chi connectivity index (χ3v) is 8.54. The fourth-order valence-corrected chi connectivity index (χ4v) is 6.38. The van der Waals surface area contributed by atoms with Crippen LogP contribution in [0.15, 0.2) is 45.7 Å². The van der Waals surface area contributed by atoms with Gasteiger partial charge in [0.25, 0.3) is 10.0 Å². The zero-order valence-corrected chi connectivity index (χ0v) is 22.7. The number of sulfonamides is 2. The van der Waals surface area contributed by atoms with E-state index < -0.39 is 48.8 Å². The van der Waals surface area contributed by atoms with Crippen LogP contribution in [-0.4, -0.2) is 40.5 Å². The first-order valence-electron chi connectivity index (χ1n) is 11.5. The number of ketones is 2. The number of benzene rings is 2. The minimum absolute atomic E-state index is 0.00857. The normalized spacial score (nSPS) is 23.0. The predicted molar refractivity (Wildman–Crippen MR) is 138 cm³/mol. The summed E-state index contributed by atoms with van der Waals surface area (Å²) in [6.45, 7) is 7.73. The second-order valence-corrected chi connectivity index (χ2v) is 14.2. The Balaban J connectivity index is 1.81. The highest BCUT2D eigenvalue weighted by atomic mass is 32.2. The molecule has 9 nitrogen and oxygen atoms in total. The van der Waals surface area contributed by atoms with Gasteiger partial charge in [0.15, 0.2) is 11.6 Å². The molecule has 0 radical (unpaired) electrons. The van der Waals surface area contributed by atoms with Crippen molar-refractivity contribution in [2.75, 3.05) is 16.3 Å². The first-order chi connectivity index (χ1) is 16.9. The first kappa shape index (κ1) is 26.9. The van der Waals surface area contributed by atoms with Crippen LogP contribution >= 0.6 is 0 Å². The van der Waals surface area contributed by atoms with Crippen molar-refractivity contribution in [3.8, 4) is 0 Å². The quantitative estimate of drug-likeness (QED) is 0.540. The van der Waals surface area contributed by atoms with E-state index in [1.54, 1.807) is 6.92 Å². The average molecular weight is 550 g/mol. The topological polar surface area (TPSA) is 139 Å². The lowest BCUT2D eigenvalue weighted by molar-refractivity contribution is -0.125. The molecule has 1 aliphatic heterocycles. The van der Waals surface area contributed by atoms with Crippen molar-refractivity contribution in [2.45, 2.75) is 50.8 Å². The number of carbonyl (C=O) groups is 2. The highest BCUT2D eigenvalue weighted by Gasteiger charge is 2.52. The largest absolute Gasteiger partial charge is 0.341 e. The molecular weight excluding hydrogens is 521 g/mol. The van der Waals surface area contributed by atoms with Gasteiger partial charge in [-0.1, -0.05) is 26.8 Å². The van der Waals surface area contributed by atoms with E-state index in [-0.39, 0.29) is 33.1 Å². The van der Waals surface area contributed by atoms with Crippen molar-refractivity contribution >= 4 is 48.8 Å². The molecule has 37 heavy (non-hydrogen) atoms. The Bertz CT molecular complexity index is 1580. The molecule has 0 saturated carbocycles. The van der Waals surface area contributed by atoms with Crippen LogP contribution in [0.1, 0.15) is 56.5 Å². The Kier molecular flexibility index (Phi) is 6.35. The highest BCUT2D eigenvalue weighted by molar-refractivity contribution is 7.92. The molecule has 0 bridgehead atoms. The maximum absolute atomic E-state index is 14.2. The van der Waals surface area contributed by atoms with Crippen molar-refractivity contribution in [1.82, 2.24) is 0 Å². The maximum atomic E-state index is 14.2. The Morgan fingerprint density at radius 3 is 2.43 bits per heavy atom. The second kappa shape index (κ2) is 8.73. The lowest BCUT2D eigenvalue weighted by Gasteiger charge is -2.39. The number of halogens is 1. The maximum Gasteiger partial charge on any atom is 0.286 e. The molecule has 1 unspecified atom stereocenters. The number of nitrogens with zero attached hydrogens (tertiary/aromatic N) is 1. The van der Waals surface area contributed by atoms with E-state index in [9.17, 15) is 30.8 Å². The van der Waals surface area contributed by atoms with E-state index >= 15 is 0 Å². The number of carbonyl (C=O) groups excluding carboxylic acids is 2. The van der Waals surface area contributed by atoms with Crippen LogP contribution in [0.25, 0.3) is 0 Å². The molecule has 0 fully saturated rings. The molecular formula is C25H28FN3O6S2. The molecule has 0 spiro atoms. The van der Waals surface area contributed by atoms with Crippen LogP contribution in [-0.2, 0) is 30.3 Å². The van der Waals surface area contributed by atoms with E-state index in [0.29, 0.717) is 18.4 Å². The summed E-state index contributed by atoms with van der Waals surface area (Å²) in [5.41, 5.74) is -0.866. The molecule has 2 aromatic carbocycles. The minimum atomic E-state index is -4.41. The van der Waals surface area contributed by atoms with Gasteiger partial charge in [-0.15, -0.1) is 4.40 Å². The Labute approximate surface area is 215 Å². The summed E-state index contributed by atoms with van der Waals surface area (Å²) in [4.78, 5) is 27.2. The van der Waals surface area contributed by atoms with E-state index in [0.717, 1.165) is 18.4 Å². The third kappa shape index (κ3) is 5.17. The van der Waals surface area contributed by atoms with Crippen LogP contribution in [0.3, 0.4) is 0 Å². The van der Waals surface area contributed by atoms with Crippen LogP contribution in [0.2, 0.25) is 0 Å². The molecule has 0 saturated heterocycles. The van der Waals surface area contributed by atoms with Gasteiger partial charge in [0.05, 0.1) is 17.4 Å². The van der Waals surface area contributed by atoms with Gasteiger partial charge >= 0.3 is 0 Å². The summed E-state index contributed by atoms with van der Waals surface area (Å²) in [5.74, 6) is -3.88. The van der Waals surface area contributed by atoms with E-state index in [4.69, 9.17) is 0 Å². The van der Waals surface area contributed by atoms with Gasteiger partial charge in [-0.05, 0) is 61.1 Å². The van der Waals surface area contributed by atoms with Crippen molar-refractivity contribution in [2.24, 2.45) is 15.7 Å². The number of anilines is 2. The van der Waals surface area contributed by atoms with E-state index in [1.165, 1.54) is 24.3 Å². The van der Waals surface area contributed by atoms with Crippen LogP contribution in [0.4, 0.5) is 15.8 Å². The number of rotatable bonds is 5. The predicted octanol–water partition coefficient (Wildman–Crippen LogP) is 3.88. The summed E-state index contributed by atoms with van der Waals surface area (Å²) in [5, 5.41) is 2.79. The first-order valence-corrected chi connectivity index (χ1v) is 14.9. The van der Waals surface area contributed by atoms with Crippen molar-refractivity contribution in [3.63, 3.8) is 0 Å². The Hall–Kier alpha value is -3.12. The van der Waals surface area contributed by atoms with E-state index in [2.05, 4.69) is 14.4 Å². The lowest BCUT2D eigenvalue weighted by Crippen LogP contribution is -2.51. The van der Waals surface area contributed by atoms with Gasteiger partial charge in [-0.2, -0.15) is 8.42 Å². The van der Waals surface area contributed by atoms with Crippen molar-refractivity contribution < 1.29 is 30.8 Å². The highest BCUT2D eigenvalue weighted by Crippen LogP contribution is 2.44. The van der Waals surface area contributed by atoms with Crippen molar-refractivity contribution in [3.05, 3.63) is 53.3 Å². The summed E-state index contributed by atoms with van der Waals surface area (Å²) in [6.07, 6.45) is 1.89. The number of amidine groups is 1. The molecule has 2 atom stereocenters. The zero-order valence-electron chi connectivity index (χ0n) is 21.0. The number of fused-ring (bicyclic) bond motifs is 2. The lowest BCUT2D eigenvalue weighted by atomic mass is 9.62. The number of hydrogen-bond acceptors (Lipinski definition) is 7. The van der Waals surface area contributed by atoms with E-state index in [1.807, 2.05) is 20.8 Å². The fourth-order valence-electron chi connectivity index (χ4n) is 4.64. The van der Waals surface area contributed by atoms with Gasteiger partial charge < -0.3 is 5.32 Å². The summed E-state index contributed by atoms with van der Waals surface area (Å²) in [7, 11) is -8.08. The summed E-state index contributed by atoms with van der Waals surface area (Å²) < 4.78 is 69.4. The van der Waals surface area contributed by atoms with Gasteiger partial charge in [0.2, 0.25) is 10.0 Å². The molecule has 198 valence electrons. The Morgan fingerprint density at radius 1 is 1.14 bits per heavy atom. The van der Waals surface area contributed by atoms with Gasteiger partial charge in [-0.25, -0.2) is 12.8 Å².